The predicted molar refractivity (Wildman–Crippen MR) is 347 cm³/mol. The minimum atomic E-state index is -0.210. The molecule has 1 aliphatic carbocycles. The van der Waals surface area contributed by atoms with E-state index in [9.17, 15) is 0 Å². The smallest absolute Gasteiger partial charge is 0.0148 e. The molecule has 372 valence electrons. The fraction of sp³-hybridized carbons (Fsp3) is 0.0500. The van der Waals surface area contributed by atoms with E-state index in [1.54, 1.807) is 0 Å². The Kier molecular flexibility index (Phi) is 9.77. The van der Waals surface area contributed by atoms with E-state index in [1.165, 1.54) is 168 Å². The van der Waals surface area contributed by atoms with Crippen molar-refractivity contribution >= 4 is 135 Å². The summed E-state index contributed by atoms with van der Waals surface area (Å²) in [7, 11) is 0. The molecule has 16 aromatic rings. The van der Waals surface area contributed by atoms with Crippen LogP contribution in [-0.4, -0.2) is 0 Å². The third kappa shape index (κ3) is 6.82. The van der Waals surface area contributed by atoms with E-state index in [4.69, 9.17) is 0 Å². The van der Waals surface area contributed by atoms with Crippen LogP contribution in [0, 0.1) is 0 Å². The van der Waals surface area contributed by atoms with E-state index < -0.39 is 0 Å². The molecule has 0 saturated heterocycles. The molecule has 0 heteroatoms. The summed E-state index contributed by atoms with van der Waals surface area (Å²) in [5.41, 5.74) is 9.02. The summed E-state index contributed by atoms with van der Waals surface area (Å²) < 4.78 is 0. The van der Waals surface area contributed by atoms with Gasteiger partial charge in [-0.2, -0.15) is 0 Å². The number of hydrogen-bond acceptors (Lipinski definition) is 0. The van der Waals surface area contributed by atoms with E-state index in [0.29, 0.717) is 0 Å². The van der Waals surface area contributed by atoms with E-state index in [-0.39, 0.29) is 5.41 Å². The van der Waals surface area contributed by atoms with Crippen LogP contribution in [0.2, 0.25) is 0 Å². The van der Waals surface area contributed by atoms with E-state index in [2.05, 4.69) is 280 Å². The molecule has 0 aromatic heterocycles. The second-order valence-corrected chi connectivity index (χ2v) is 22.9. The van der Waals surface area contributed by atoms with Crippen molar-refractivity contribution in [3.8, 4) is 11.1 Å². The molecule has 1 unspecified atom stereocenters. The summed E-state index contributed by atoms with van der Waals surface area (Å²) in [6, 6.07) is 96.4. The Balaban J connectivity index is 0.766. The Labute approximate surface area is 463 Å². The number of fused-ring (bicyclic) bond motifs is 16. The molecule has 0 amide bonds. The summed E-state index contributed by atoms with van der Waals surface area (Å²) in [5.74, 6) is 0. The Hall–Kier alpha value is -9.88. The van der Waals surface area contributed by atoms with Crippen LogP contribution in [0.3, 0.4) is 0 Å². The van der Waals surface area contributed by atoms with Gasteiger partial charge in [0.2, 0.25) is 0 Å². The average molecular weight is 1010 g/mol. The van der Waals surface area contributed by atoms with Crippen molar-refractivity contribution in [2.24, 2.45) is 0 Å². The maximum absolute atomic E-state index is 2.50. The van der Waals surface area contributed by atoms with Crippen molar-refractivity contribution in [3.05, 3.63) is 295 Å². The summed E-state index contributed by atoms with van der Waals surface area (Å²) >= 11 is 0. The molecule has 0 heterocycles. The first-order chi connectivity index (χ1) is 39.5. The topological polar surface area (TPSA) is 0 Å². The van der Waals surface area contributed by atoms with Gasteiger partial charge in [0.1, 0.15) is 0 Å². The zero-order valence-corrected chi connectivity index (χ0v) is 44.4. The molecule has 16 aromatic carbocycles. The zero-order chi connectivity index (χ0) is 52.6. The fourth-order valence-corrected chi connectivity index (χ4v) is 14.5. The second-order valence-electron chi connectivity index (χ2n) is 22.9. The van der Waals surface area contributed by atoms with Crippen LogP contribution in [0.25, 0.3) is 146 Å². The standard InChI is InChI=1S/C80H52/c1-80(78-31-15-30-67-70(78)34-35-71-76(67)46-55-21-7-9-24-62(55)79(71)77-48-58-41-51-17-3-5-19-53(51)44-73(58)64-26-12-13-27-66(64)77)38-36-49(37-39-80)59-28-14-29-65-68(59)32-33-69-74(60-22-8-6-20-54(60)45-75(65)69)47-57-42-56-40-50-16-2-4-18-52(50)43-72(56)63-25-11-10-23-61(57)63/h2-38,40-46,48H,39,47H2,1H3. The fourth-order valence-electron chi connectivity index (χ4n) is 14.5. The summed E-state index contributed by atoms with van der Waals surface area (Å²) in [6.45, 7) is 2.43. The van der Waals surface area contributed by atoms with E-state index in [0.717, 1.165) is 12.8 Å². The van der Waals surface area contributed by atoms with Gasteiger partial charge in [0.25, 0.3) is 0 Å². The van der Waals surface area contributed by atoms with Gasteiger partial charge in [0.05, 0.1) is 0 Å². The normalized spacial score (nSPS) is 14.9. The molecule has 0 nitrogen and oxygen atoms in total. The maximum atomic E-state index is 2.50. The highest BCUT2D eigenvalue weighted by atomic mass is 14.3. The lowest BCUT2D eigenvalue weighted by Gasteiger charge is -2.30. The number of benzene rings is 16. The van der Waals surface area contributed by atoms with Gasteiger partial charge in [-0.25, -0.2) is 0 Å². The minimum absolute atomic E-state index is 0.210. The summed E-state index contributed by atoms with van der Waals surface area (Å²) in [4.78, 5) is 0. The van der Waals surface area contributed by atoms with E-state index >= 15 is 0 Å². The van der Waals surface area contributed by atoms with Gasteiger partial charge in [-0.15, -0.1) is 0 Å². The molecule has 0 N–H and O–H groups in total. The second kappa shape index (κ2) is 17.3. The van der Waals surface area contributed by atoms with Crippen molar-refractivity contribution in [3.63, 3.8) is 0 Å². The van der Waals surface area contributed by atoms with Gasteiger partial charge in [0, 0.05) is 5.41 Å². The molecule has 0 fully saturated rings. The SMILES string of the molecule is CC1(c2cccc3c2ccc2c(-c4cc5cc6ccccc6cc5c5ccccc45)c4ccccc4cc23)C=CC(c2cccc3c2ccc2c(Cc4cc5cc6ccccc6cc5c5ccccc45)c4ccccc4cc23)=CC1. The number of allylic oxidation sites excluding steroid dienone is 4. The van der Waals surface area contributed by atoms with Crippen molar-refractivity contribution in [2.45, 2.75) is 25.2 Å². The largest absolute Gasteiger partial charge is 0.0755 e. The Morgan fingerprint density at radius 1 is 0.300 bits per heavy atom. The van der Waals surface area contributed by atoms with Crippen molar-refractivity contribution in [1.82, 2.24) is 0 Å². The molecule has 1 atom stereocenters. The van der Waals surface area contributed by atoms with Gasteiger partial charge in [-0.05, 0) is 224 Å². The predicted octanol–water partition coefficient (Wildman–Crippen LogP) is 22.1. The quantitative estimate of drug-likeness (QED) is 0.119. The Morgan fingerprint density at radius 3 is 1.45 bits per heavy atom. The molecule has 80 heavy (non-hydrogen) atoms. The van der Waals surface area contributed by atoms with E-state index in [1.807, 2.05) is 0 Å². The molecule has 0 radical (unpaired) electrons. The monoisotopic (exact) mass is 1010 g/mol. The molecule has 0 saturated carbocycles. The molecular formula is C80H52. The lowest BCUT2D eigenvalue weighted by molar-refractivity contribution is 0.607. The average Bonchev–Trinajstić information content (AvgIpc) is 3.68. The van der Waals surface area contributed by atoms with Crippen LogP contribution in [0.15, 0.2) is 273 Å². The van der Waals surface area contributed by atoms with Crippen molar-refractivity contribution in [1.29, 1.82) is 0 Å². The summed E-state index contributed by atoms with van der Waals surface area (Å²) in [6.07, 6.45) is 9.12. The van der Waals surface area contributed by atoms with Crippen LogP contribution >= 0.6 is 0 Å². The molecule has 1 aliphatic rings. The van der Waals surface area contributed by atoms with Crippen LogP contribution in [-0.2, 0) is 11.8 Å². The van der Waals surface area contributed by atoms with Gasteiger partial charge in [-0.1, -0.05) is 237 Å². The van der Waals surface area contributed by atoms with Crippen molar-refractivity contribution in [2.75, 3.05) is 0 Å². The first kappa shape index (κ1) is 45.2. The first-order valence-corrected chi connectivity index (χ1v) is 28.3. The van der Waals surface area contributed by atoms with Gasteiger partial charge < -0.3 is 0 Å². The highest BCUT2D eigenvalue weighted by Crippen LogP contribution is 2.48. The lowest BCUT2D eigenvalue weighted by atomic mass is 9.73. The molecule has 0 spiro atoms. The molecular weight excluding hydrogens is 961 g/mol. The van der Waals surface area contributed by atoms with Crippen LogP contribution in [0.5, 0.6) is 0 Å². The van der Waals surface area contributed by atoms with Crippen molar-refractivity contribution < 1.29 is 0 Å². The van der Waals surface area contributed by atoms with Gasteiger partial charge >= 0.3 is 0 Å². The van der Waals surface area contributed by atoms with Gasteiger partial charge in [-0.3, -0.25) is 0 Å². The Bertz CT molecular complexity index is 5440. The lowest BCUT2D eigenvalue weighted by Crippen LogP contribution is -2.20. The number of rotatable bonds is 5. The highest BCUT2D eigenvalue weighted by Gasteiger charge is 2.29. The minimum Gasteiger partial charge on any atom is -0.0755 e. The highest BCUT2D eigenvalue weighted by molar-refractivity contribution is 6.26. The Morgan fingerprint density at radius 2 is 0.762 bits per heavy atom. The van der Waals surface area contributed by atoms with Crippen LogP contribution in [0.1, 0.15) is 35.6 Å². The molecule has 0 aliphatic heterocycles. The molecule has 0 bridgehead atoms. The zero-order valence-electron chi connectivity index (χ0n) is 44.4. The van der Waals surface area contributed by atoms with Gasteiger partial charge in [0.15, 0.2) is 0 Å². The van der Waals surface area contributed by atoms with Crippen LogP contribution in [0.4, 0.5) is 0 Å². The first-order valence-electron chi connectivity index (χ1n) is 28.3. The summed E-state index contributed by atoms with van der Waals surface area (Å²) in [5, 5.41) is 31.0. The molecule has 17 rings (SSSR count). The van der Waals surface area contributed by atoms with Crippen LogP contribution < -0.4 is 0 Å². The maximum Gasteiger partial charge on any atom is 0.0148 e. The third-order valence-corrected chi connectivity index (χ3v) is 18.4. The number of hydrogen-bond donors (Lipinski definition) is 0. The third-order valence-electron chi connectivity index (χ3n) is 18.4.